The monoisotopic (exact) mass is 449 g/mol. The molecule has 0 N–H and O–H groups in total. The average molecular weight is 450 g/mol. The fourth-order valence-electron chi connectivity index (χ4n) is 5.31. The Kier molecular flexibility index (Phi) is 6.37. The molecule has 2 atom stereocenters. The Bertz CT molecular complexity index is 916. The van der Waals surface area contributed by atoms with Gasteiger partial charge in [0.05, 0.1) is 31.3 Å². The van der Waals surface area contributed by atoms with Crippen LogP contribution in [0.4, 0.5) is 0 Å². The van der Waals surface area contributed by atoms with Crippen molar-refractivity contribution in [3.63, 3.8) is 0 Å². The van der Waals surface area contributed by atoms with Gasteiger partial charge in [0.1, 0.15) is 0 Å². The van der Waals surface area contributed by atoms with Gasteiger partial charge in [-0.05, 0) is 24.8 Å². The molecule has 8 nitrogen and oxygen atoms in total. The lowest BCUT2D eigenvalue weighted by Crippen LogP contribution is -2.54. The Morgan fingerprint density at radius 2 is 1.68 bits per heavy atom. The van der Waals surface area contributed by atoms with Crippen molar-refractivity contribution in [1.82, 2.24) is 14.1 Å². The smallest absolute Gasteiger partial charge is 0.230 e. The van der Waals surface area contributed by atoms with Gasteiger partial charge >= 0.3 is 0 Å². The summed E-state index contributed by atoms with van der Waals surface area (Å²) in [6, 6.07) is 9.19. The molecule has 170 valence electrons. The predicted octanol–water partition coefficient (Wildman–Crippen LogP) is 0.731. The fourth-order valence-corrected chi connectivity index (χ4v) is 6.50. The van der Waals surface area contributed by atoms with Crippen LogP contribution in [0.5, 0.6) is 0 Å². The van der Waals surface area contributed by atoms with E-state index in [1.807, 2.05) is 35.2 Å². The summed E-state index contributed by atoms with van der Waals surface area (Å²) in [4.78, 5) is 30.3. The average Bonchev–Trinajstić information content (AvgIpc) is 3.04. The first-order chi connectivity index (χ1) is 14.8. The van der Waals surface area contributed by atoms with E-state index in [1.54, 1.807) is 4.90 Å². The standard InChI is InChI=1S/C22H31N3O5S/c1-31(28,29)25-12-9-22(21(27)24-13-15-30-16-14-24)8-11-23(10-7-19(22)25)20(26)17-18-5-3-2-4-6-18/h2-6,19H,7-17H2,1H3/t19-,22+/m0/s1. The van der Waals surface area contributed by atoms with Crippen LogP contribution in [0.3, 0.4) is 0 Å². The highest BCUT2D eigenvalue weighted by atomic mass is 32.2. The maximum atomic E-state index is 13.7. The first kappa shape index (κ1) is 22.2. The van der Waals surface area contributed by atoms with E-state index >= 15 is 0 Å². The molecule has 2 amide bonds. The molecule has 3 heterocycles. The molecule has 3 fully saturated rings. The first-order valence-corrected chi connectivity index (χ1v) is 12.8. The number of hydrogen-bond acceptors (Lipinski definition) is 5. The molecule has 1 aromatic carbocycles. The van der Waals surface area contributed by atoms with Crippen molar-refractivity contribution in [3.8, 4) is 0 Å². The van der Waals surface area contributed by atoms with Crippen molar-refractivity contribution in [1.29, 1.82) is 0 Å². The minimum absolute atomic E-state index is 0.0179. The number of carbonyl (C=O) groups is 2. The van der Waals surface area contributed by atoms with E-state index in [0.29, 0.717) is 71.6 Å². The second kappa shape index (κ2) is 8.88. The number of likely N-dealkylation sites (tertiary alicyclic amines) is 1. The van der Waals surface area contributed by atoms with Crippen LogP contribution < -0.4 is 0 Å². The molecular weight excluding hydrogens is 418 g/mol. The summed E-state index contributed by atoms with van der Waals surface area (Å²) in [7, 11) is -3.44. The van der Waals surface area contributed by atoms with Crippen LogP contribution in [0.25, 0.3) is 0 Å². The maximum absolute atomic E-state index is 13.7. The summed E-state index contributed by atoms with van der Waals surface area (Å²) in [6.07, 6.45) is 2.99. The number of amides is 2. The molecule has 31 heavy (non-hydrogen) atoms. The molecule has 3 aliphatic rings. The summed E-state index contributed by atoms with van der Waals surface area (Å²) in [5.41, 5.74) is 0.177. The topological polar surface area (TPSA) is 87.2 Å². The predicted molar refractivity (Wildman–Crippen MR) is 116 cm³/mol. The lowest BCUT2D eigenvalue weighted by atomic mass is 9.75. The van der Waals surface area contributed by atoms with Gasteiger partial charge in [-0.3, -0.25) is 9.59 Å². The summed E-state index contributed by atoms with van der Waals surface area (Å²) >= 11 is 0. The van der Waals surface area contributed by atoms with E-state index in [0.717, 1.165) is 5.56 Å². The van der Waals surface area contributed by atoms with Gasteiger partial charge in [-0.2, -0.15) is 4.31 Å². The van der Waals surface area contributed by atoms with Crippen LogP contribution in [0.1, 0.15) is 24.8 Å². The normalized spacial score (nSPS) is 27.6. The maximum Gasteiger partial charge on any atom is 0.230 e. The number of hydrogen-bond donors (Lipinski definition) is 0. The molecule has 0 aliphatic carbocycles. The Labute approximate surface area is 184 Å². The zero-order valence-electron chi connectivity index (χ0n) is 18.0. The number of sulfonamides is 1. The van der Waals surface area contributed by atoms with E-state index in [2.05, 4.69) is 0 Å². The first-order valence-electron chi connectivity index (χ1n) is 11.0. The molecule has 9 heteroatoms. The summed E-state index contributed by atoms with van der Waals surface area (Å²) in [5, 5.41) is 0. The highest BCUT2D eigenvalue weighted by molar-refractivity contribution is 7.88. The van der Waals surface area contributed by atoms with Gasteiger partial charge in [0.2, 0.25) is 21.8 Å². The molecule has 0 spiro atoms. The second-order valence-electron chi connectivity index (χ2n) is 8.78. The van der Waals surface area contributed by atoms with Crippen molar-refractivity contribution in [2.75, 3.05) is 52.2 Å². The molecular formula is C22H31N3O5S. The van der Waals surface area contributed by atoms with Crippen molar-refractivity contribution >= 4 is 21.8 Å². The van der Waals surface area contributed by atoms with Gasteiger partial charge in [-0.25, -0.2) is 8.42 Å². The molecule has 0 bridgehead atoms. The van der Waals surface area contributed by atoms with Crippen LogP contribution in [0.15, 0.2) is 30.3 Å². The van der Waals surface area contributed by atoms with E-state index in [-0.39, 0.29) is 11.8 Å². The molecule has 0 unspecified atom stereocenters. The third-order valence-electron chi connectivity index (χ3n) is 6.97. The molecule has 3 saturated heterocycles. The number of benzene rings is 1. The molecule has 4 rings (SSSR count). The molecule has 0 radical (unpaired) electrons. The third kappa shape index (κ3) is 4.49. The van der Waals surface area contributed by atoms with Crippen molar-refractivity contribution < 1.29 is 22.7 Å². The quantitative estimate of drug-likeness (QED) is 0.676. The molecule has 3 aliphatic heterocycles. The lowest BCUT2D eigenvalue weighted by Gasteiger charge is -2.39. The number of nitrogens with zero attached hydrogens (tertiary/aromatic N) is 3. The highest BCUT2D eigenvalue weighted by Gasteiger charge is 2.57. The summed E-state index contributed by atoms with van der Waals surface area (Å²) in [5.74, 6) is 0.0374. The Balaban J connectivity index is 1.57. The number of morpholine rings is 1. The SMILES string of the molecule is CS(=O)(=O)N1CC[C@]2(C(=O)N3CCOCC3)CCN(C(=O)Cc3ccccc3)CC[C@H]12. The van der Waals surface area contributed by atoms with Gasteiger partial charge in [-0.15, -0.1) is 0 Å². The van der Waals surface area contributed by atoms with E-state index < -0.39 is 21.5 Å². The minimum Gasteiger partial charge on any atom is -0.378 e. The van der Waals surface area contributed by atoms with Crippen LogP contribution in [0.2, 0.25) is 0 Å². The van der Waals surface area contributed by atoms with Crippen LogP contribution in [0, 0.1) is 5.41 Å². The Morgan fingerprint density at radius 3 is 2.35 bits per heavy atom. The Hall–Kier alpha value is -1.97. The zero-order chi connectivity index (χ0) is 22.1. The number of fused-ring (bicyclic) bond motifs is 1. The van der Waals surface area contributed by atoms with Crippen LogP contribution in [-0.2, 0) is 30.8 Å². The van der Waals surface area contributed by atoms with Crippen molar-refractivity contribution in [3.05, 3.63) is 35.9 Å². The van der Waals surface area contributed by atoms with E-state index in [9.17, 15) is 18.0 Å². The van der Waals surface area contributed by atoms with Gasteiger partial charge in [0.15, 0.2) is 0 Å². The Morgan fingerprint density at radius 1 is 1.00 bits per heavy atom. The van der Waals surface area contributed by atoms with Gasteiger partial charge in [-0.1, -0.05) is 30.3 Å². The number of ether oxygens (including phenoxy) is 1. The van der Waals surface area contributed by atoms with Gasteiger partial charge in [0.25, 0.3) is 0 Å². The van der Waals surface area contributed by atoms with Crippen LogP contribution >= 0.6 is 0 Å². The summed E-state index contributed by atoms with van der Waals surface area (Å²) in [6.45, 7) is 3.35. The van der Waals surface area contributed by atoms with Crippen molar-refractivity contribution in [2.45, 2.75) is 31.7 Å². The zero-order valence-corrected chi connectivity index (χ0v) is 18.8. The molecule has 1 aromatic rings. The number of rotatable bonds is 4. The lowest BCUT2D eigenvalue weighted by molar-refractivity contribution is -0.148. The van der Waals surface area contributed by atoms with Gasteiger partial charge < -0.3 is 14.5 Å². The van der Waals surface area contributed by atoms with Crippen molar-refractivity contribution in [2.24, 2.45) is 5.41 Å². The fraction of sp³-hybridized carbons (Fsp3) is 0.636. The number of carbonyl (C=O) groups excluding carboxylic acids is 2. The summed E-state index contributed by atoms with van der Waals surface area (Å²) < 4.78 is 31.9. The van der Waals surface area contributed by atoms with E-state index in [1.165, 1.54) is 10.6 Å². The minimum atomic E-state index is -3.44. The largest absolute Gasteiger partial charge is 0.378 e. The van der Waals surface area contributed by atoms with Gasteiger partial charge in [0, 0.05) is 38.8 Å². The molecule has 0 saturated carbocycles. The third-order valence-corrected chi connectivity index (χ3v) is 8.25. The second-order valence-corrected chi connectivity index (χ2v) is 10.7. The molecule has 0 aromatic heterocycles. The van der Waals surface area contributed by atoms with E-state index in [4.69, 9.17) is 4.74 Å². The highest BCUT2D eigenvalue weighted by Crippen LogP contribution is 2.46. The van der Waals surface area contributed by atoms with Crippen LogP contribution in [-0.4, -0.2) is 92.6 Å².